The Morgan fingerprint density at radius 1 is 0.778 bits per heavy atom. The van der Waals surface area contributed by atoms with Gasteiger partial charge in [-0.15, -0.1) is 0 Å². The minimum Gasteiger partial charge on any atom is -0.464 e. The molecule has 0 saturated carbocycles. The summed E-state index contributed by atoms with van der Waals surface area (Å²) >= 11 is 0. The van der Waals surface area contributed by atoms with Crippen molar-refractivity contribution < 1.29 is 41.0 Å². The number of carbonyl (C=O) groups is 1. The first-order valence-corrected chi connectivity index (χ1v) is 7.50. The van der Waals surface area contributed by atoms with Gasteiger partial charge in [0.15, 0.2) is 5.60 Å². The highest BCUT2D eigenvalue weighted by atomic mass is 19.3. The van der Waals surface area contributed by atoms with Crippen LogP contribution >= 0.6 is 0 Å². The maximum absolute atomic E-state index is 14.9. The molecular formula is C18H14F6O3. The molecule has 0 atom stereocenters. The lowest BCUT2D eigenvalue weighted by Crippen LogP contribution is -2.66. The van der Waals surface area contributed by atoms with E-state index in [1.807, 2.05) is 0 Å². The van der Waals surface area contributed by atoms with E-state index in [1.54, 1.807) is 0 Å². The number of ether oxygens (including phenoxy) is 1. The van der Waals surface area contributed by atoms with Crippen molar-refractivity contribution in [2.45, 2.75) is 23.4 Å². The fourth-order valence-corrected chi connectivity index (χ4v) is 2.57. The Kier molecular flexibility index (Phi) is 5.29. The van der Waals surface area contributed by atoms with Crippen molar-refractivity contribution >= 4 is 5.97 Å². The standard InChI is InChI=1S/C18H14F6O3/c1-27-14(25)16(19,20)18(23,24)17(21,22)15(26,12-8-4-2-5-9-12)13-10-6-3-7-11-13/h2-11,26H,1H3. The van der Waals surface area contributed by atoms with Crippen LogP contribution in [0.3, 0.4) is 0 Å². The number of alkyl halides is 6. The maximum Gasteiger partial charge on any atom is 0.410 e. The number of hydrogen-bond donors (Lipinski definition) is 1. The Balaban J connectivity index is 2.77. The Morgan fingerprint density at radius 3 is 1.48 bits per heavy atom. The summed E-state index contributed by atoms with van der Waals surface area (Å²) in [6.07, 6.45) is 0. The Morgan fingerprint density at radius 2 is 1.15 bits per heavy atom. The van der Waals surface area contributed by atoms with E-state index in [1.165, 1.54) is 12.1 Å². The molecule has 0 heterocycles. The van der Waals surface area contributed by atoms with Crippen molar-refractivity contribution in [3.05, 3.63) is 71.8 Å². The second-order valence-electron chi connectivity index (χ2n) is 5.66. The van der Waals surface area contributed by atoms with Crippen LogP contribution in [0.4, 0.5) is 26.3 Å². The molecular weight excluding hydrogens is 378 g/mol. The SMILES string of the molecule is COC(=O)C(F)(F)C(F)(F)C(F)(F)C(O)(c1ccccc1)c1ccccc1. The van der Waals surface area contributed by atoms with E-state index < -0.39 is 40.5 Å². The number of benzene rings is 2. The van der Waals surface area contributed by atoms with Gasteiger partial charge in [0, 0.05) is 0 Å². The fourth-order valence-electron chi connectivity index (χ4n) is 2.57. The largest absolute Gasteiger partial charge is 0.464 e. The molecule has 0 fully saturated rings. The highest BCUT2D eigenvalue weighted by molar-refractivity contribution is 5.79. The van der Waals surface area contributed by atoms with Gasteiger partial charge in [-0.3, -0.25) is 0 Å². The Labute approximate surface area is 150 Å². The lowest BCUT2D eigenvalue weighted by molar-refractivity contribution is -0.345. The molecule has 0 radical (unpaired) electrons. The fraction of sp³-hybridized carbons (Fsp3) is 0.278. The van der Waals surface area contributed by atoms with E-state index in [-0.39, 0.29) is 0 Å². The highest BCUT2D eigenvalue weighted by Crippen LogP contribution is 2.56. The third kappa shape index (κ3) is 2.95. The van der Waals surface area contributed by atoms with E-state index in [4.69, 9.17) is 0 Å². The molecule has 0 aliphatic heterocycles. The van der Waals surface area contributed by atoms with Crippen molar-refractivity contribution in [1.82, 2.24) is 0 Å². The lowest BCUT2D eigenvalue weighted by Gasteiger charge is -2.42. The quantitative estimate of drug-likeness (QED) is 0.597. The number of esters is 1. The van der Waals surface area contributed by atoms with E-state index in [0.29, 0.717) is 7.11 Å². The summed E-state index contributed by atoms with van der Waals surface area (Å²) in [5.74, 6) is -20.8. The molecule has 2 aromatic carbocycles. The summed E-state index contributed by atoms with van der Waals surface area (Å²) in [4.78, 5) is 11.1. The molecule has 0 saturated heterocycles. The number of halogens is 6. The van der Waals surface area contributed by atoms with Gasteiger partial charge in [0.2, 0.25) is 0 Å². The summed E-state index contributed by atoms with van der Waals surface area (Å²) in [6, 6.07) is 10.9. The third-order valence-electron chi connectivity index (χ3n) is 4.07. The van der Waals surface area contributed by atoms with Gasteiger partial charge in [-0.2, -0.15) is 26.3 Å². The van der Waals surface area contributed by atoms with Crippen LogP contribution in [0.15, 0.2) is 60.7 Å². The smallest absolute Gasteiger partial charge is 0.410 e. The van der Waals surface area contributed by atoms with Gasteiger partial charge in [-0.1, -0.05) is 60.7 Å². The van der Waals surface area contributed by atoms with Gasteiger partial charge in [-0.05, 0) is 11.1 Å². The predicted octanol–water partition coefficient (Wildman–Crippen LogP) is 4.00. The summed E-state index contributed by atoms with van der Waals surface area (Å²) in [6.45, 7) is 0. The van der Waals surface area contributed by atoms with Crippen LogP contribution < -0.4 is 0 Å². The lowest BCUT2D eigenvalue weighted by atomic mass is 9.77. The van der Waals surface area contributed by atoms with Gasteiger partial charge in [-0.25, -0.2) is 4.79 Å². The summed E-state index contributed by atoms with van der Waals surface area (Å²) in [5, 5.41) is 10.7. The van der Waals surface area contributed by atoms with Gasteiger partial charge in [0.1, 0.15) is 0 Å². The average Bonchev–Trinajstić information content (AvgIpc) is 2.67. The molecule has 2 aromatic rings. The van der Waals surface area contributed by atoms with E-state index in [9.17, 15) is 36.2 Å². The molecule has 9 heteroatoms. The van der Waals surface area contributed by atoms with Crippen LogP contribution in [0.1, 0.15) is 11.1 Å². The molecule has 0 bridgehead atoms. The molecule has 3 nitrogen and oxygen atoms in total. The molecule has 0 aliphatic carbocycles. The molecule has 1 N–H and O–H groups in total. The van der Waals surface area contributed by atoms with E-state index in [0.717, 1.165) is 48.5 Å². The summed E-state index contributed by atoms with van der Waals surface area (Å²) in [7, 11) is 0.352. The van der Waals surface area contributed by atoms with Crippen LogP contribution in [-0.4, -0.2) is 36.0 Å². The number of rotatable bonds is 6. The molecule has 27 heavy (non-hydrogen) atoms. The number of aliphatic hydroxyl groups is 1. The van der Waals surface area contributed by atoms with E-state index in [2.05, 4.69) is 4.74 Å². The van der Waals surface area contributed by atoms with Crippen molar-refractivity contribution in [2.24, 2.45) is 0 Å². The Bertz CT molecular complexity index is 754. The molecule has 146 valence electrons. The number of hydrogen-bond acceptors (Lipinski definition) is 3. The van der Waals surface area contributed by atoms with Crippen molar-refractivity contribution in [1.29, 1.82) is 0 Å². The molecule has 0 amide bonds. The molecule has 0 unspecified atom stereocenters. The molecule has 2 rings (SSSR count). The zero-order chi connectivity index (χ0) is 20.5. The molecule has 0 aromatic heterocycles. The minimum absolute atomic E-state index is 0.352. The van der Waals surface area contributed by atoms with Crippen molar-refractivity contribution in [2.75, 3.05) is 7.11 Å². The summed E-state index contributed by atoms with van der Waals surface area (Å²) in [5.41, 5.74) is -5.39. The first-order valence-electron chi connectivity index (χ1n) is 7.50. The maximum atomic E-state index is 14.9. The van der Waals surface area contributed by atoms with Gasteiger partial charge < -0.3 is 9.84 Å². The zero-order valence-corrected chi connectivity index (χ0v) is 13.8. The molecule has 0 spiro atoms. The van der Waals surface area contributed by atoms with Crippen molar-refractivity contribution in [3.8, 4) is 0 Å². The van der Waals surface area contributed by atoms with Gasteiger partial charge >= 0.3 is 23.7 Å². The van der Waals surface area contributed by atoms with Crippen LogP contribution in [0.2, 0.25) is 0 Å². The summed E-state index contributed by atoms with van der Waals surface area (Å²) < 4.78 is 89.7. The van der Waals surface area contributed by atoms with E-state index >= 15 is 0 Å². The van der Waals surface area contributed by atoms with Crippen LogP contribution in [0.5, 0.6) is 0 Å². The second kappa shape index (κ2) is 6.88. The van der Waals surface area contributed by atoms with Gasteiger partial charge in [0.25, 0.3) is 0 Å². The Hall–Kier alpha value is -2.55. The monoisotopic (exact) mass is 392 g/mol. The average molecular weight is 392 g/mol. The van der Waals surface area contributed by atoms with Crippen molar-refractivity contribution in [3.63, 3.8) is 0 Å². The third-order valence-corrected chi connectivity index (χ3v) is 4.07. The first kappa shape index (κ1) is 20.8. The predicted molar refractivity (Wildman–Crippen MR) is 82.7 cm³/mol. The van der Waals surface area contributed by atoms with Crippen LogP contribution in [-0.2, 0) is 15.1 Å². The minimum atomic E-state index is -6.28. The molecule has 0 aliphatic rings. The first-order chi connectivity index (χ1) is 12.4. The normalized spacial score (nSPS) is 13.3. The van der Waals surface area contributed by atoms with Gasteiger partial charge in [0.05, 0.1) is 7.11 Å². The zero-order valence-electron chi connectivity index (χ0n) is 13.8. The second-order valence-corrected chi connectivity index (χ2v) is 5.66. The topological polar surface area (TPSA) is 46.5 Å². The highest BCUT2D eigenvalue weighted by Gasteiger charge is 2.81. The van der Waals surface area contributed by atoms with Crippen LogP contribution in [0.25, 0.3) is 0 Å². The van der Waals surface area contributed by atoms with Crippen LogP contribution in [0, 0.1) is 0 Å². The number of carbonyl (C=O) groups excluding carboxylic acids is 1. The number of methoxy groups -OCH3 is 1.